The highest BCUT2D eigenvalue weighted by Gasteiger charge is 2.56. The lowest BCUT2D eigenvalue weighted by atomic mass is 9.52. The first-order chi connectivity index (χ1) is 11.2. The summed E-state index contributed by atoms with van der Waals surface area (Å²) in [6.07, 6.45) is 5.55. The Labute approximate surface area is 137 Å². The first kappa shape index (κ1) is 15.0. The van der Waals surface area contributed by atoms with E-state index in [-0.39, 0.29) is 17.7 Å². The molecule has 1 amide bonds. The van der Waals surface area contributed by atoms with Crippen LogP contribution in [-0.2, 0) is 16.1 Å². The van der Waals surface area contributed by atoms with E-state index in [1.807, 2.05) is 37.4 Å². The topological polar surface area (TPSA) is 47.6 Å². The number of benzene rings is 1. The standard InChI is InChI=1S/C19H25NO3/c1-22-19-9-14-7-15(10-19)17(16(8-14)11-19)20-18(21)23-12-13-5-3-2-4-6-13/h2-6,14-17H,7-12H2,1H3,(H,20,21)/t14?,15-,16+,17-,19-. The Morgan fingerprint density at radius 1 is 1.17 bits per heavy atom. The summed E-state index contributed by atoms with van der Waals surface area (Å²) in [5, 5.41) is 3.16. The smallest absolute Gasteiger partial charge is 0.407 e. The van der Waals surface area contributed by atoms with Gasteiger partial charge in [-0.05, 0) is 55.4 Å². The number of amides is 1. The van der Waals surface area contributed by atoms with Crippen LogP contribution in [0.2, 0.25) is 0 Å². The van der Waals surface area contributed by atoms with Gasteiger partial charge in [0.15, 0.2) is 0 Å². The van der Waals surface area contributed by atoms with Gasteiger partial charge in [-0.2, -0.15) is 0 Å². The normalized spacial score (nSPS) is 37.6. The summed E-state index contributed by atoms with van der Waals surface area (Å²) in [5.74, 6) is 1.88. The van der Waals surface area contributed by atoms with Crippen LogP contribution in [0.4, 0.5) is 4.79 Å². The number of carbonyl (C=O) groups excluding carboxylic acids is 1. The molecule has 0 spiro atoms. The van der Waals surface area contributed by atoms with Gasteiger partial charge in [0.1, 0.15) is 6.61 Å². The van der Waals surface area contributed by atoms with Crippen molar-refractivity contribution in [2.75, 3.05) is 7.11 Å². The van der Waals surface area contributed by atoms with Gasteiger partial charge < -0.3 is 14.8 Å². The molecule has 1 unspecified atom stereocenters. The van der Waals surface area contributed by atoms with Crippen LogP contribution in [0.1, 0.15) is 37.7 Å². The van der Waals surface area contributed by atoms with Crippen molar-refractivity contribution in [2.24, 2.45) is 17.8 Å². The van der Waals surface area contributed by atoms with Gasteiger partial charge in [-0.25, -0.2) is 4.79 Å². The SMILES string of the molecule is CO[C@]12CC3C[C@H](C1)[C@@H](NC(=O)OCc1ccccc1)[C@@H](C3)C2. The first-order valence-electron chi connectivity index (χ1n) is 8.70. The van der Waals surface area contributed by atoms with E-state index >= 15 is 0 Å². The van der Waals surface area contributed by atoms with Crippen molar-refractivity contribution in [3.8, 4) is 0 Å². The number of hydrogen-bond acceptors (Lipinski definition) is 3. The Kier molecular flexibility index (Phi) is 3.80. The summed E-state index contributed by atoms with van der Waals surface area (Å²) < 4.78 is 11.3. The van der Waals surface area contributed by atoms with Gasteiger partial charge in [0.05, 0.1) is 5.60 Å². The molecule has 4 fully saturated rings. The fraction of sp³-hybridized carbons (Fsp3) is 0.632. The molecular weight excluding hydrogens is 290 g/mol. The van der Waals surface area contributed by atoms with E-state index < -0.39 is 0 Å². The maximum atomic E-state index is 12.2. The predicted octanol–water partition coefficient (Wildman–Crippen LogP) is 3.51. The van der Waals surface area contributed by atoms with Gasteiger partial charge in [0.25, 0.3) is 0 Å². The fourth-order valence-electron chi connectivity index (χ4n) is 5.34. The number of hydrogen-bond donors (Lipinski definition) is 1. The highest BCUT2D eigenvalue weighted by atomic mass is 16.5. The van der Waals surface area contributed by atoms with Crippen molar-refractivity contribution in [3.63, 3.8) is 0 Å². The van der Waals surface area contributed by atoms with Crippen molar-refractivity contribution >= 4 is 6.09 Å². The van der Waals surface area contributed by atoms with Crippen LogP contribution >= 0.6 is 0 Å². The first-order valence-corrected chi connectivity index (χ1v) is 8.70. The number of methoxy groups -OCH3 is 1. The van der Waals surface area contributed by atoms with Gasteiger partial charge in [0.2, 0.25) is 0 Å². The molecule has 4 heteroatoms. The third-order valence-electron chi connectivity index (χ3n) is 6.15. The van der Waals surface area contributed by atoms with Crippen molar-refractivity contribution in [2.45, 2.75) is 50.4 Å². The maximum Gasteiger partial charge on any atom is 0.407 e. The van der Waals surface area contributed by atoms with E-state index in [1.165, 1.54) is 19.3 Å². The molecule has 4 aliphatic rings. The molecule has 4 saturated carbocycles. The summed E-state index contributed by atoms with van der Waals surface area (Å²) in [6.45, 7) is 0.333. The van der Waals surface area contributed by atoms with Crippen LogP contribution in [0.15, 0.2) is 30.3 Å². The van der Waals surface area contributed by atoms with Crippen molar-refractivity contribution < 1.29 is 14.3 Å². The lowest BCUT2D eigenvalue weighted by Crippen LogP contribution is -2.62. The monoisotopic (exact) mass is 315 g/mol. The maximum absolute atomic E-state index is 12.2. The van der Waals surface area contributed by atoms with Gasteiger partial charge in [0, 0.05) is 13.2 Å². The average Bonchev–Trinajstić information content (AvgIpc) is 2.57. The Morgan fingerprint density at radius 3 is 2.52 bits per heavy atom. The van der Waals surface area contributed by atoms with Crippen LogP contribution in [0.3, 0.4) is 0 Å². The van der Waals surface area contributed by atoms with E-state index in [2.05, 4.69) is 5.32 Å². The summed E-state index contributed by atoms with van der Waals surface area (Å²) in [5.41, 5.74) is 1.11. The summed E-state index contributed by atoms with van der Waals surface area (Å²) >= 11 is 0. The van der Waals surface area contributed by atoms with E-state index in [9.17, 15) is 4.79 Å². The molecule has 0 radical (unpaired) electrons. The molecule has 5 rings (SSSR count). The van der Waals surface area contributed by atoms with Crippen LogP contribution in [0.5, 0.6) is 0 Å². The lowest BCUT2D eigenvalue weighted by molar-refractivity contribution is -0.156. The van der Waals surface area contributed by atoms with Crippen LogP contribution in [0, 0.1) is 17.8 Å². The van der Waals surface area contributed by atoms with Crippen LogP contribution in [0.25, 0.3) is 0 Å². The number of ether oxygens (including phenoxy) is 2. The molecule has 0 aliphatic heterocycles. The van der Waals surface area contributed by atoms with E-state index in [0.29, 0.717) is 18.4 Å². The highest BCUT2D eigenvalue weighted by molar-refractivity contribution is 5.67. The molecule has 124 valence electrons. The molecule has 4 aliphatic carbocycles. The van der Waals surface area contributed by atoms with Crippen molar-refractivity contribution in [3.05, 3.63) is 35.9 Å². The largest absolute Gasteiger partial charge is 0.445 e. The Hall–Kier alpha value is -1.55. The van der Waals surface area contributed by atoms with E-state index in [4.69, 9.17) is 9.47 Å². The molecule has 1 aromatic carbocycles. The quantitative estimate of drug-likeness (QED) is 0.925. The molecule has 23 heavy (non-hydrogen) atoms. The number of rotatable bonds is 4. The van der Waals surface area contributed by atoms with Gasteiger partial charge in [-0.15, -0.1) is 0 Å². The van der Waals surface area contributed by atoms with Crippen molar-refractivity contribution in [1.29, 1.82) is 0 Å². The zero-order valence-electron chi connectivity index (χ0n) is 13.7. The minimum absolute atomic E-state index is 0.0859. The van der Waals surface area contributed by atoms with Gasteiger partial charge in [-0.1, -0.05) is 30.3 Å². The van der Waals surface area contributed by atoms with E-state index in [1.54, 1.807) is 0 Å². The van der Waals surface area contributed by atoms with Crippen LogP contribution in [-0.4, -0.2) is 24.8 Å². The second-order valence-corrected chi connectivity index (χ2v) is 7.59. The van der Waals surface area contributed by atoms with Gasteiger partial charge >= 0.3 is 6.09 Å². The Morgan fingerprint density at radius 2 is 1.87 bits per heavy atom. The fourth-order valence-corrected chi connectivity index (χ4v) is 5.34. The Bertz CT molecular complexity index is 557. The molecule has 0 heterocycles. The second-order valence-electron chi connectivity index (χ2n) is 7.59. The zero-order chi connectivity index (χ0) is 15.9. The zero-order valence-corrected chi connectivity index (χ0v) is 13.7. The number of nitrogens with one attached hydrogen (secondary N) is 1. The number of carbonyl (C=O) groups is 1. The van der Waals surface area contributed by atoms with E-state index in [0.717, 1.165) is 24.3 Å². The third kappa shape index (κ3) is 2.85. The highest BCUT2D eigenvalue weighted by Crippen LogP contribution is 2.56. The van der Waals surface area contributed by atoms with Gasteiger partial charge in [-0.3, -0.25) is 0 Å². The molecule has 0 aromatic heterocycles. The molecule has 0 saturated heterocycles. The second kappa shape index (κ2) is 5.82. The average molecular weight is 315 g/mol. The molecule has 4 nitrogen and oxygen atoms in total. The molecule has 1 N–H and O–H groups in total. The molecule has 5 atom stereocenters. The predicted molar refractivity (Wildman–Crippen MR) is 86.8 cm³/mol. The Balaban J connectivity index is 1.35. The summed E-state index contributed by atoms with van der Waals surface area (Å²) in [4.78, 5) is 12.2. The van der Waals surface area contributed by atoms with Crippen molar-refractivity contribution in [1.82, 2.24) is 5.32 Å². The minimum atomic E-state index is -0.280. The number of alkyl carbamates (subject to hydrolysis) is 1. The molecular formula is C19H25NO3. The summed E-state index contributed by atoms with van der Waals surface area (Å²) in [7, 11) is 1.85. The summed E-state index contributed by atoms with van der Waals surface area (Å²) in [6, 6.07) is 10.1. The molecule has 1 aromatic rings. The molecule has 4 bridgehead atoms. The van der Waals surface area contributed by atoms with Crippen LogP contribution < -0.4 is 5.32 Å². The minimum Gasteiger partial charge on any atom is -0.445 e. The lowest BCUT2D eigenvalue weighted by Gasteiger charge is -2.59. The third-order valence-corrected chi connectivity index (χ3v) is 6.15.